The summed E-state index contributed by atoms with van der Waals surface area (Å²) in [5, 5.41) is 0.270. The smallest absolute Gasteiger partial charge is 0.178 e. The Kier molecular flexibility index (Phi) is 4.36. The fourth-order valence-electron chi connectivity index (χ4n) is 4.82. The summed E-state index contributed by atoms with van der Waals surface area (Å²) in [6.07, 6.45) is 2.31. The molecule has 3 aromatic carbocycles. The van der Waals surface area contributed by atoms with Crippen LogP contribution in [0.5, 0.6) is 0 Å². The van der Waals surface area contributed by atoms with E-state index in [0.717, 1.165) is 34.4 Å². The van der Waals surface area contributed by atoms with Crippen LogP contribution >= 0.6 is 11.8 Å². The van der Waals surface area contributed by atoms with E-state index < -0.39 is 21.0 Å². The van der Waals surface area contributed by atoms with Gasteiger partial charge in [-0.25, -0.2) is 8.42 Å². The van der Waals surface area contributed by atoms with E-state index >= 15 is 0 Å². The van der Waals surface area contributed by atoms with Crippen molar-refractivity contribution < 1.29 is 13.0 Å². The van der Waals surface area contributed by atoms with Gasteiger partial charge in [-0.15, -0.1) is 11.8 Å². The van der Waals surface area contributed by atoms with E-state index in [0.29, 0.717) is 16.6 Å². The Bertz CT molecular complexity index is 1260. The molecule has 3 nitrogen and oxygen atoms in total. The maximum absolute atomic E-state index is 13.4. The Morgan fingerprint density at radius 1 is 0.900 bits per heavy atom. The van der Waals surface area contributed by atoms with Crippen LogP contribution in [0.4, 0.5) is 0 Å². The zero-order valence-electron chi connectivity index (χ0n) is 16.2. The minimum atomic E-state index is -3.13. The molecule has 0 radical (unpaired) electrons. The van der Waals surface area contributed by atoms with Crippen molar-refractivity contribution in [3.05, 3.63) is 88.5 Å². The molecule has 3 atom stereocenters. The molecule has 30 heavy (non-hydrogen) atoms. The lowest BCUT2D eigenvalue weighted by molar-refractivity contribution is 0.588. The van der Waals surface area contributed by atoms with Gasteiger partial charge in [-0.2, -0.15) is 0 Å². The molecule has 152 valence electrons. The average Bonchev–Trinajstić information content (AvgIpc) is 3.41. The molecule has 0 saturated heterocycles. The second kappa shape index (κ2) is 6.89. The summed E-state index contributed by atoms with van der Waals surface area (Å²) in [5.74, 6) is 0.185. The van der Waals surface area contributed by atoms with Crippen molar-refractivity contribution in [3.63, 3.8) is 0 Å². The van der Waals surface area contributed by atoms with Crippen LogP contribution in [0.25, 0.3) is 0 Å². The highest BCUT2D eigenvalue weighted by molar-refractivity contribution is 7.99. The summed E-state index contributed by atoms with van der Waals surface area (Å²) in [5.41, 5.74) is 5.64. The van der Waals surface area contributed by atoms with Crippen molar-refractivity contribution in [1.29, 1.82) is 0 Å². The van der Waals surface area contributed by atoms with Crippen LogP contribution in [0.1, 0.15) is 38.3 Å². The molecule has 3 aromatic rings. The third-order valence-corrected chi connectivity index (χ3v) is 11.4. The number of hydrogen-bond donors (Lipinski definition) is 0. The summed E-state index contributed by atoms with van der Waals surface area (Å²) in [6.45, 7) is 0. The lowest BCUT2D eigenvalue weighted by Gasteiger charge is -2.16. The fourth-order valence-corrected chi connectivity index (χ4v) is 9.37. The molecule has 3 heterocycles. The first-order valence-corrected chi connectivity index (χ1v) is 13.9. The Labute approximate surface area is 184 Å². The highest BCUT2D eigenvalue weighted by Gasteiger charge is 2.39. The van der Waals surface area contributed by atoms with Gasteiger partial charge >= 0.3 is 0 Å². The molecular weight excluding hydrogens is 432 g/mol. The molecular formula is C24H20O3S3. The standard InChI is InChI=1S/C24H20O3S3/c25-29-22-13-16(21-12-15-3-1-2-4-20(15)28-21)5-6-18(22)14-23(29)17-7-8-24-19(11-17)9-10-30(24,26)27/h1-8,11,13,21,23H,9-10,12,14H2. The van der Waals surface area contributed by atoms with E-state index in [1.165, 1.54) is 16.0 Å². The summed E-state index contributed by atoms with van der Waals surface area (Å²) in [7, 11) is -3.13. The van der Waals surface area contributed by atoms with Crippen LogP contribution in [0.3, 0.4) is 0 Å². The van der Waals surface area contributed by atoms with E-state index in [4.69, 9.17) is 0 Å². The topological polar surface area (TPSA) is 57.2 Å². The molecule has 0 bridgehead atoms. The van der Waals surface area contributed by atoms with Crippen molar-refractivity contribution in [2.24, 2.45) is 0 Å². The average molecular weight is 453 g/mol. The van der Waals surface area contributed by atoms with Gasteiger partial charge in [0.05, 0.1) is 10.6 Å². The van der Waals surface area contributed by atoms with Crippen LogP contribution in [-0.4, -0.2) is 18.7 Å². The number of aryl methyl sites for hydroxylation is 1. The summed E-state index contributed by atoms with van der Waals surface area (Å²) >= 11 is 0.769. The molecule has 3 aliphatic heterocycles. The van der Waals surface area contributed by atoms with Crippen LogP contribution in [0, 0.1) is 0 Å². The van der Waals surface area contributed by atoms with Gasteiger partial charge in [-0.1, -0.05) is 36.4 Å². The van der Waals surface area contributed by atoms with E-state index in [1.54, 1.807) is 6.07 Å². The molecule has 6 rings (SSSR count). The van der Waals surface area contributed by atoms with Crippen LogP contribution in [-0.2, 0) is 40.3 Å². The molecule has 3 unspecified atom stereocenters. The molecule has 0 N–H and O–H groups in total. The van der Waals surface area contributed by atoms with E-state index in [2.05, 4.69) is 42.5 Å². The summed E-state index contributed by atoms with van der Waals surface area (Å²) < 4.78 is 37.6. The first-order valence-electron chi connectivity index (χ1n) is 10.1. The molecule has 0 spiro atoms. The summed E-state index contributed by atoms with van der Waals surface area (Å²) in [6, 6.07) is 20.6. The van der Waals surface area contributed by atoms with E-state index in [9.17, 15) is 13.0 Å². The lowest BCUT2D eigenvalue weighted by atomic mass is 9.99. The number of sulfone groups is 1. The van der Waals surface area contributed by atoms with Gasteiger partial charge < -0.3 is 4.55 Å². The van der Waals surface area contributed by atoms with Crippen molar-refractivity contribution in [3.8, 4) is 0 Å². The minimum Gasteiger partial charge on any atom is -0.611 e. The Balaban J connectivity index is 1.29. The molecule has 0 fully saturated rings. The van der Waals surface area contributed by atoms with Gasteiger partial charge in [-0.05, 0) is 65.0 Å². The molecule has 0 amide bonds. The second-order valence-corrected chi connectivity index (χ2v) is 13.1. The van der Waals surface area contributed by atoms with Crippen LogP contribution in [0.15, 0.2) is 75.4 Å². The predicted octanol–water partition coefficient (Wildman–Crippen LogP) is 4.81. The van der Waals surface area contributed by atoms with Gasteiger partial charge in [-0.3, -0.25) is 0 Å². The fraction of sp³-hybridized carbons (Fsp3) is 0.250. The Hall–Kier alpha value is -1.73. The molecule has 6 heteroatoms. The highest BCUT2D eigenvalue weighted by Crippen LogP contribution is 2.49. The zero-order valence-corrected chi connectivity index (χ0v) is 18.7. The van der Waals surface area contributed by atoms with Crippen LogP contribution < -0.4 is 0 Å². The SMILES string of the molecule is O=S1(=O)CCc2cc(C3Cc4ccc(C5Cc6ccccc6S5)cc4[S+]3[O-])ccc21. The molecule has 0 saturated carbocycles. The van der Waals surface area contributed by atoms with Gasteiger partial charge in [0.25, 0.3) is 0 Å². The number of benzene rings is 3. The van der Waals surface area contributed by atoms with Crippen molar-refractivity contribution in [2.75, 3.05) is 5.75 Å². The Morgan fingerprint density at radius 3 is 2.60 bits per heavy atom. The predicted molar refractivity (Wildman–Crippen MR) is 120 cm³/mol. The highest BCUT2D eigenvalue weighted by atomic mass is 32.2. The van der Waals surface area contributed by atoms with Gasteiger partial charge in [0.15, 0.2) is 14.7 Å². The van der Waals surface area contributed by atoms with Crippen molar-refractivity contribution >= 4 is 32.8 Å². The molecule has 3 aliphatic rings. The first-order chi connectivity index (χ1) is 14.5. The minimum absolute atomic E-state index is 0.0997. The number of hydrogen-bond acceptors (Lipinski definition) is 4. The Morgan fingerprint density at radius 2 is 1.73 bits per heavy atom. The van der Waals surface area contributed by atoms with Gasteiger partial charge in [0.1, 0.15) is 5.25 Å². The maximum Gasteiger partial charge on any atom is 0.178 e. The van der Waals surface area contributed by atoms with E-state index in [1.807, 2.05) is 23.9 Å². The van der Waals surface area contributed by atoms with Crippen molar-refractivity contribution in [1.82, 2.24) is 0 Å². The van der Waals surface area contributed by atoms with Crippen molar-refractivity contribution in [2.45, 2.75) is 44.4 Å². The van der Waals surface area contributed by atoms with E-state index in [-0.39, 0.29) is 11.0 Å². The number of fused-ring (bicyclic) bond motifs is 3. The zero-order chi connectivity index (χ0) is 20.5. The third-order valence-electron chi connectivity index (χ3n) is 6.42. The van der Waals surface area contributed by atoms with Crippen LogP contribution in [0.2, 0.25) is 0 Å². The third kappa shape index (κ3) is 2.96. The van der Waals surface area contributed by atoms with Gasteiger partial charge in [0.2, 0.25) is 0 Å². The maximum atomic E-state index is 13.4. The monoisotopic (exact) mass is 452 g/mol. The number of thioether (sulfide) groups is 1. The quantitative estimate of drug-likeness (QED) is 0.524. The largest absolute Gasteiger partial charge is 0.611 e. The normalized spacial score (nSPS) is 25.7. The summed E-state index contributed by atoms with van der Waals surface area (Å²) in [4.78, 5) is 2.74. The molecule has 0 aliphatic carbocycles. The number of rotatable bonds is 2. The second-order valence-electron chi connectivity index (χ2n) is 8.21. The molecule has 0 aromatic heterocycles. The lowest BCUT2D eigenvalue weighted by Crippen LogP contribution is -2.09. The first kappa shape index (κ1) is 19.0. The van der Waals surface area contributed by atoms with Gasteiger partial charge in [0, 0.05) is 27.7 Å².